The van der Waals surface area contributed by atoms with Crippen LogP contribution in [-0.4, -0.2) is 17.4 Å². The van der Waals surface area contributed by atoms with Gasteiger partial charge in [0.1, 0.15) is 0 Å². The van der Waals surface area contributed by atoms with Crippen molar-refractivity contribution < 1.29 is 4.79 Å². The highest BCUT2D eigenvalue weighted by molar-refractivity contribution is 6.31. The Morgan fingerprint density at radius 1 is 1.40 bits per heavy atom. The number of nitrogen functional groups attached to an aromatic ring is 1. The Hall–Kier alpha value is -1.22. The van der Waals surface area contributed by atoms with Crippen LogP contribution in [0, 0.1) is 5.92 Å². The Bertz CT molecular complexity index is 455. The van der Waals surface area contributed by atoms with E-state index in [9.17, 15) is 4.79 Å². The van der Waals surface area contributed by atoms with Crippen LogP contribution in [0.1, 0.15) is 44.6 Å². The molecule has 0 saturated carbocycles. The van der Waals surface area contributed by atoms with Gasteiger partial charge in [-0.3, -0.25) is 4.79 Å². The Morgan fingerprint density at radius 3 is 2.90 bits per heavy atom. The maximum absolute atomic E-state index is 12.2. The lowest BCUT2D eigenvalue weighted by atomic mass is 9.96. The van der Waals surface area contributed by atoms with Gasteiger partial charge in [0.2, 0.25) is 5.91 Å². The summed E-state index contributed by atoms with van der Waals surface area (Å²) in [6.45, 7) is 3.55. The molecule has 1 unspecified atom stereocenters. The van der Waals surface area contributed by atoms with Crippen molar-refractivity contribution in [3.8, 4) is 0 Å². The molecular formula is C16H23ClN2O. The van der Waals surface area contributed by atoms with Crippen LogP contribution < -0.4 is 5.73 Å². The molecule has 1 aliphatic rings. The third-order valence-electron chi connectivity index (χ3n) is 4.13. The summed E-state index contributed by atoms with van der Waals surface area (Å²) >= 11 is 6.20. The van der Waals surface area contributed by atoms with Crippen LogP contribution in [0.15, 0.2) is 18.2 Å². The number of amides is 1. The summed E-state index contributed by atoms with van der Waals surface area (Å²) in [4.78, 5) is 14.1. The fourth-order valence-corrected chi connectivity index (χ4v) is 3.13. The van der Waals surface area contributed by atoms with Gasteiger partial charge in [0.15, 0.2) is 0 Å². The van der Waals surface area contributed by atoms with E-state index >= 15 is 0 Å². The molecule has 20 heavy (non-hydrogen) atoms. The molecule has 0 aliphatic carbocycles. The lowest BCUT2D eigenvalue weighted by Crippen LogP contribution is -2.30. The van der Waals surface area contributed by atoms with Crippen LogP contribution in [0.4, 0.5) is 5.69 Å². The zero-order valence-electron chi connectivity index (χ0n) is 12.1. The van der Waals surface area contributed by atoms with Gasteiger partial charge in [-0.05, 0) is 30.9 Å². The van der Waals surface area contributed by atoms with E-state index < -0.39 is 0 Å². The third kappa shape index (κ3) is 3.66. The van der Waals surface area contributed by atoms with Crippen LogP contribution in [-0.2, 0) is 11.3 Å². The van der Waals surface area contributed by atoms with Gasteiger partial charge in [0.05, 0.1) is 0 Å². The van der Waals surface area contributed by atoms with Crippen molar-refractivity contribution >= 4 is 23.2 Å². The lowest BCUT2D eigenvalue weighted by Gasteiger charge is -2.22. The summed E-state index contributed by atoms with van der Waals surface area (Å²) in [5.41, 5.74) is 7.51. The topological polar surface area (TPSA) is 46.3 Å². The van der Waals surface area contributed by atoms with Gasteiger partial charge in [-0.2, -0.15) is 0 Å². The van der Waals surface area contributed by atoms with Gasteiger partial charge in [-0.15, -0.1) is 0 Å². The van der Waals surface area contributed by atoms with Crippen LogP contribution in [0.3, 0.4) is 0 Å². The molecule has 0 spiro atoms. The van der Waals surface area contributed by atoms with E-state index in [2.05, 4.69) is 6.92 Å². The highest BCUT2D eigenvalue weighted by Crippen LogP contribution is 2.27. The maximum Gasteiger partial charge on any atom is 0.222 e. The van der Waals surface area contributed by atoms with Crippen molar-refractivity contribution in [2.24, 2.45) is 5.92 Å². The number of carbonyl (C=O) groups is 1. The highest BCUT2D eigenvalue weighted by atomic mass is 35.5. The van der Waals surface area contributed by atoms with Crippen LogP contribution in [0.2, 0.25) is 5.02 Å². The van der Waals surface area contributed by atoms with Gasteiger partial charge in [-0.1, -0.05) is 37.4 Å². The molecule has 1 saturated heterocycles. The van der Waals surface area contributed by atoms with Crippen LogP contribution in [0.25, 0.3) is 0 Å². The summed E-state index contributed by atoms with van der Waals surface area (Å²) in [5.74, 6) is 0.903. The Balaban J connectivity index is 2.07. The van der Waals surface area contributed by atoms with Gasteiger partial charge >= 0.3 is 0 Å². The van der Waals surface area contributed by atoms with Gasteiger partial charge in [0.25, 0.3) is 0 Å². The van der Waals surface area contributed by atoms with Crippen molar-refractivity contribution in [1.29, 1.82) is 0 Å². The Labute approximate surface area is 126 Å². The predicted molar refractivity (Wildman–Crippen MR) is 83.5 cm³/mol. The second-order valence-corrected chi connectivity index (χ2v) is 6.01. The molecule has 1 aromatic carbocycles. The smallest absolute Gasteiger partial charge is 0.222 e. The molecule has 0 bridgehead atoms. The first-order valence-corrected chi connectivity index (χ1v) is 7.80. The molecule has 2 rings (SSSR count). The Morgan fingerprint density at radius 2 is 2.20 bits per heavy atom. The SMILES string of the molecule is CCCC1CCC(=O)N(Cc2c(N)cccc2Cl)CC1. The predicted octanol–water partition coefficient (Wildman–Crippen LogP) is 3.85. The van der Waals surface area contributed by atoms with Crippen LogP contribution in [0.5, 0.6) is 0 Å². The van der Waals surface area contributed by atoms with E-state index in [1.54, 1.807) is 0 Å². The molecule has 1 amide bonds. The number of rotatable bonds is 4. The molecule has 1 aromatic rings. The average Bonchev–Trinajstić information content (AvgIpc) is 2.58. The summed E-state index contributed by atoms with van der Waals surface area (Å²) in [5, 5.41) is 0.646. The minimum atomic E-state index is 0.225. The zero-order valence-corrected chi connectivity index (χ0v) is 12.8. The number of hydrogen-bond donors (Lipinski definition) is 1. The fourth-order valence-electron chi connectivity index (χ4n) is 2.89. The van der Waals surface area contributed by atoms with Gasteiger partial charge in [-0.25, -0.2) is 0 Å². The van der Waals surface area contributed by atoms with E-state index in [1.165, 1.54) is 12.8 Å². The van der Waals surface area contributed by atoms with E-state index in [0.717, 1.165) is 24.9 Å². The number of nitrogens with two attached hydrogens (primary N) is 1. The highest BCUT2D eigenvalue weighted by Gasteiger charge is 2.23. The molecule has 1 atom stereocenters. The molecule has 1 fully saturated rings. The number of anilines is 1. The number of hydrogen-bond acceptors (Lipinski definition) is 2. The molecule has 110 valence electrons. The monoisotopic (exact) mass is 294 g/mol. The molecule has 1 aliphatic heterocycles. The maximum atomic E-state index is 12.2. The van der Waals surface area contributed by atoms with Crippen molar-refractivity contribution in [1.82, 2.24) is 4.90 Å². The third-order valence-corrected chi connectivity index (χ3v) is 4.48. The van der Waals surface area contributed by atoms with Gasteiger partial charge < -0.3 is 10.6 Å². The first-order chi connectivity index (χ1) is 9.61. The molecule has 1 heterocycles. The molecule has 2 N–H and O–H groups in total. The molecule has 4 heteroatoms. The minimum Gasteiger partial charge on any atom is -0.398 e. The second-order valence-electron chi connectivity index (χ2n) is 5.60. The molecular weight excluding hydrogens is 272 g/mol. The van der Waals surface area contributed by atoms with E-state index in [4.69, 9.17) is 17.3 Å². The van der Waals surface area contributed by atoms with Gasteiger partial charge in [0, 0.05) is 35.8 Å². The first-order valence-electron chi connectivity index (χ1n) is 7.42. The van der Waals surface area contributed by atoms with Crippen LogP contribution >= 0.6 is 11.6 Å². The summed E-state index contributed by atoms with van der Waals surface area (Å²) in [6, 6.07) is 5.50. The standard InChI is InChI=1S/C16H23ClN2O/c1-2-4-12-7-8-16(20)19(10-9-12)11-13-14(17)5-3-6-15(13)18/h3,5-6,12H,2,4,7-11,18H2,1H3. The molecule has 0 radical (unpaired) electrons. The van der Waals surface area contributed by atoms with Crippen molar-refractivity contribution in [2.45, 2.75) is 45.6 Å². The number of likely N-dealkylation sites (tertiary alicyclic amines) is 1. The number of carbonyl (C=O) groups excluding carboxylic acids is 1. The normalized spacial score (nSPS) is 20.0. The minimum absolute atomic E-state index is 0.225. The first kappa shape index (κ1) is 15.2. The average molecular weight is 295 g/mol. The number of benzene rings is 1. The zero-order chi connectivity index (χ0) is 14.5. The summed E-state index contributed by atoms with van der Waals surface area (Å²) < 4.78 is 0. The molecule has 0 aromatic heterocycles. The van der Waals surface area contributed by atoms with Crippen molar-refractivity contribution in [3.63, 3.8) is 0 Å². The number of halogens is 1. The fraction of sp³-hybridized carbons (Fsp3) is 0.562. The quantitative estimate of drug-likeness (QED) is 0.857. The summed E-state index contributed by atoms with van der Waals surface area (Å²) in [7, 11) is 0. The largest absolute Gasteiger partial charge is 0.398 e. The lowest BCUT2D eigenvalue weighted by molar-refractivity contribution is -0.131. The van der Waals surface area contributed by atoms with Crippen molar-refractivity contribution in [2.75, 3.05) is 12.3 Å². The molecule has 3 nitrogen and oxygen atoms in total. The van der Waals surface area contributed by atoms with Crippen molar-refractivity contribution in [3.05, 3.63) is 28.8 Å². The number of nitrogens with zero attached hydrogens (tertiary/aromatic N) is 1. The summed E-state index contributed by atoms with van der Waals surface area (Å²) in [6.07, 6.45) is 5.16. The Kier molecular flexibility index (Phi) is 5.30. The van der Waals surface area contributed by atoms with E-state index in [0.29, 0.717) is 29.6 Å². The van der Waals surface area contributed by atoms with E-state index in [1.807, 2.05) is 23.1 Å². The second kappa shape index (κ2) is 6.98. The van der Waals surface area contributed by atoms with E-state index in [-0.39, 0.29) is 5.91 Å².